The lowest BCUT2D eigenvalue weighted by Crippen LogP contribution is -2.13. The van der Waals surface area contributed by atoms with Crippen LogP contribution >= 0.6 is 15.9 Å². The van der Waals surface area contributed by atoms with Gasteiger partial charge in [0, 0.05) is 39.4 Å². The molecule has 6 nitrogen and oxygen atoms in total. The van der Waals surface area contributed by atoms with Gasteiger partial charge >= 0.3 is 5.97 Å². The molecule has 0 saturated carbocycles. The number of hydrogen-bond donors (Lipinski definition) is 1. The number of ether oxygens (including phenoxy) is 1. The minimum absolute atomic E-state index is 0.00138. The molecule has 0 fully saturated rings. The van der Waals surface area contributed by atoms with Crippen LogP contribution in [0.2, 0.25) is 0 Å². The van der Waals surface area contributed by atoms with E-state index in [0.717, 1.165) is 26.5 Å². The topological polar surface area (TPSA) is 84.1 Å². The zero-order valence-corrected chi connectivity index (χ0v) is 19.9. The van der Waals surface area contributed by atoms with E-state index in [4.69, 9.17) is 4.74 Å². The summed E-state index contributed by atoms with van der Waals surface area (Å²) in [6.45, 7) is 0.506. The maximum Gasteiger partial charge on any atom is 0.337 e. The number of nitriles is 1. The molecule has 34 heavy (non-hydrogen) atoms. The summed E-state index contributed by atoms with van der Waals surface area (Å²) in [6, 6.07) is 24.2. The van der Waals surface area contributed by atoms with Gasteiger partial charge in [-0.2, -0.15) is 5.26 Å². The van der Waals surface area contributed by atoms with Gasteiger partial charge in [0.2, 0.25) is 0 Å². The maximum atomic E-state index is 12.7. The van der Waals surface area contributed by atoms with Crippen molar-refractivity contribution in [1.29, 1.82) is 5.26 Å². The number of anilines is 1. The second-order valence-corrected chi connectivity index (χ2v) is 8.47. The molecule has 7 heteroatoms. The van der Waals surface area contributed by atoms with Crippen LogP contribution in [0.3, 0.4) is 0 Å². The number of esters is 1. The molecule has 1 heterocycles. The van der Waals surface area contributed by atoms with Crippen LogP contribution in [0.4, 0.5) is 5.69 Å². The van der Waals surface area contributed by atoms with Gasteiger partial charge in [0.05, 0.1) is 12.7 Å². The minimum Gasteiger partial charge on any atom is -0.465 e. The highest BCUT2D eigenvalue weighted by molar-refractivity contribution is 9.10. The summed E-state index contributed by atoms with van der Waals surface area (Å²) in [5, 5.41) is 13.3. The lowest BCUT2D eigenvalue weighted by atomic mass is 10.1. The molecule has 4 aromatic rings. The van der Waals surface area contributed by atoms with E-state index in [1.165, 1.54) is 7.11 Å². The van der Waals surface area contributed by atoms with Crippen LogP contribution in [0.25, 0.3) is 17.0 Å². The van der Waals surface area contributed by atoms with Gasteiger partial charge in [-0.1, -0.05) is 46.3 Å². The highest BCUT2D eigenvalue weighted by Crippen LogP contribution is 2.25. The molecule has 0 spiro atoms. The number of carbonyl (C=O) groups is 2. The van der Waals surface area contributed by atoms with Gasteiger partial charge in [-0.05, 0) is 54.1 Å². The second kappa shape index (κ2) is 10.2. The Bertz CT molecular complexity index is 1450. The van der Waals surface area contributed by atoms with Crippen molar-refractivity contribution in [2.45, 2.75) is 6.54 Å². The predicted molar refractivity (Wildman–Crippen MR) is 135 cm³/mol. The van der Waals surface area contributed by atoms with E-state index >= 15 is 0 Å². The van der Waals surface area contributed by atoms with Crippen LogP contribution in [-0.2, 0) is 16.1 Å². The molecular formula is C27H20BrN3O3. The SMILES string of the molecule is COC(=O)c1cccc(Cn2cc(/C=C(/C#N)C(=O)Nc3ccc(Br)cc3)c3ccccc32)c1. The van der Waals surface area contributed by atoms with Gasteiger partial charge in [0.15, 0.2) is 0 Å². The third-order valence-electron chi connectivity index (χ3n) is 5.29. The summed E-state index contributed by atoms with van der Waals surface area (Å²) < 4.78 is 7.74. The standard InChI is InChI=1S/C27H20BrN3O3/c1-34-27(33)19-6-4-5-18(13-19)16-31-17-21(24-7-2-3-8-25(24)31)14-20(15-29)26(32)30-23-11-9-22(28)10-12-23/h2-14,17H,16H2,1H3,(H,30,32)/b20-14-. The van der Waals surface area contributed by atoms with Crippen molar-refractivity contribution in [2.24, 2.45) is 0 Å². The number of nitrogens with one attached hydrogen (secondary N) is 1. The number of methoxy groups -OCH3 is 1. The first kappa shape index (κ1) is 23.0. The first-order valence-corrected chi connectivity index (χ1v) is 11.2. The van der Waals surface area contributed by atoms with E-state index in [1.807, 2.05) is 65.4 Å². The molecule has 168 valence electrons. The highest BCUT2D eigenvalue weighted by Gasteiger charge is 2.14. The summed E-state index contributed by atoms with van der Waals surface area (Å²) in [5.41, 5.74) is 3.70. The summed E-state index contributed by atoms with van der Waals surface area (Å²) in [5.74, 6) is -0.870. The molecule has 0 bridgehead atoms. The summed E-state index contributed by atoms with van der Waals surface area (Å²) >= 11 is 3.36. The number of amides is 1. The third-order valence-corrected chi connectivity index (χ3v) is 5.82. The zero-order chi connectivity index (χ0) is 24.1. The number of benzene rings is 3. The molecule has 1 N–H and O–H groups in total. The molecule has 0 radical (unpaired) electrons. The van der Waals surface area contributed by atoms with Crippen molar-refractivity contribution in [3.8, 4) is 6.07 Å². The molecule has 1 aromatic heterocycles. The summed E-state index contributed by atoms with van der Waals surface area (Å²) in [4.78, 5) is 24.6. The Balaban J connectivity index is 1.66. The number of hydrogen-bond acceptors (Lipinski definition) is 4. The Morgan fingerprint density at radius 3 is 2.59 bits per heavy atom. The number of halogens is 1. The van der Waals surface area contributed by atoms with Gasteiger partial charge in [-0.25, -0.2) is 4.79 Å². The molecule has 0 aliphatic heterocycles. The van der Waals surface area contributed by atoms with E-state index in [1.54, 1.807) is 30.3 Å². The average Bonchev–Trinajstić information content (AvgIpc) is 3.20. The average molecular weight is 514 g/mol. The van der Waals surface area contributed by atoms with Gasteiger partial charge in [-0.3, -0.25) is 4.79 Å². The number of aromatic nitrogens is 1. The highest BCUT2D eigenvalue weighted by atomic mass is 79.9. The molecule has 0 atom stereocenters. The number of nitrogens with zero attached hydrogens (tertiary/aromatic N) is 2. The Hall–Kier alpha value is -4.15. The quantitative estimate of drug-likeness (QED) is 0.201. The number of para-hydroxylation sites is 1. The van der Waals surface area contributed by atoms with E-state index < -0.39 is 11.9 Å². The third kappa shape index (κ3) is 5.08. The second-order valence-electron chi connectivity index (χ2n) is 7.55. The van der Waals surface area contributed by atoms with Gasteiger partial charge in [0.1, 0.15) is 11.6 Å². The molecule has 1 amide bonds. The zero-order valence-electron chi connectivity index (χ0n) is 18.3. The molecule has 0 aliphatic rings. The Morgan fingerprint density at radius 2 is 1.85 bits per heavy atom. The first-order valence-electron chi connectivity index (χ1n) is 10.4. The van der Waals surface area contributed by atoms with Gasteiger partial charge in [-0.15, -0.1) is 0 Å². The van der Waals surface area contributed by atoms with E-state index in [2.05, 4.69) is 21.2 Å². The lowest BCUT2D eigenvalue weighted by molar-refractivity contribution is -0.112. The van der Waals surface area contributed by atoms with Crippen LogP contribution in [-0.4, -0.2) is 23.6 Å². The lowest BCUT2D eigenvalue weighted by Gasteiger charge is -2.07. The number of fused-ring (bicyclic) bond motifs is 1. The van der Waals surface area contributed by atoms with Crippen LogP contribution in [0.5, 0.6) is 0 Å². The monoisotopic (exact) mass is 513 g/mol. The Kier molecular flexibility index (Phi) is 6.90. The van der Waals surface area contributed by atoms with Crippen molar-refractivity contribution < 1.29 is 14.3 Å². The van der Waals surface area contributed by atoms with Gasteiger partial charge < -0.3 is 14.6 Å². The van der Waals surface area contributed by atoms with Crippen molar-refractivity contribution >= 4 is 50.5 Å². The van der Waals surface area contributed by atoms with Crippen LogP contribution < -0.4 is 5.32 Å². The normalized spacial score (nSPS) is 11.1. The Labute approximate surface area is 205 Å². The molecule has 0 saturated heterocycles. The maximum absolute atomic E-state index is 12.7. The molecule has 3 aromatic carbocycles. The van der Waals surface area contributed by atoms with E-state index in [9.17, 15) is 14.9 Å². The van der Waals surface area contributed by atoms with Crippen LogP contribution in [0, 0.1) is 11.3 Å². The fraction of sp³-hybridized carbons (Fsp3) is 0.0741. The number of rotatable bonds is 6. The fourth-order valence-corrected chi connectivity index (χ4v) is 3.93. The van der Waals surface area contributed by atoms with E-state index in [-0.39, 0.29) is 5.57 Å². The predicted octanol–water partition coefficient (Wildman–Crippen LogP) is 5.78. The summed E-state index contributed by atoms with van der Waals surface area (Å²) in [6.07, 6.45) is 3.50. The van der Waals surface area contributed by atoms with Crippen LogP contribution in [0.15, 0.2) is 89.0 Å². The molecule has 4 rings (SSSR count). The molecular weight excluding hydrogens is 494 g/mol. The fourth-order valence-electron chi connectivity index (χ4n) is 3.67. The minimum atomic E-state index is -0.479. The van der Waals surface area contributed by atoms with Crippen molar-refractivity contribution in [2.75, 3.05) is 12.4 Å². The molecule has 0 aliphatic carbocycles. The Morgan fingerprint density at radius 1 is 1.09 bits per heavy atom. The smallest absolute Gasteiger partial charge is 0.337 e. The number of carbonyl (C=O) groups excluding carboxylic acids is 2. The van der Waals surface area contributed by atoms with Gasteiger partial charge in [0.25, 0.3) is 5.91 Å². The largest absolute Gasteiger partial charge is 0.465 e. The van der Waals surface area contributed by atoms with Crippen molar-refractivity contribution in [1.82, 2.24) is 4.57 Å². The molecule has 0 unspecified atom stereocenters. The van der Waals surface area contributed by atoms with Crippen molar-refractivity contribution in [3.63, 3.8) is 0 Å². The van der Waals surface area contributed by atoms with E-state index in [0.29, 0.717) is 17.8 Å². The van der Waals surface area contributed by atoms with Crippen LogP contribution in [0.1, 0.15) is 21.5 Å². The van der Waals surface area contributed by atoms with Crippen molar-refractivity contribution in [3.05, 3.63) is 106 Å². The summed E-state index contributed by atoms with van der Waals surface area (Å²) in [7, 11) is 1.35. The first-order chi connectivity index (χ1) is 16.5.